The summed E-state index contributed by atoms with van der Waals surface area (Å²) in [4.78, 5) is 0. The van der Waals surface area contributed by atoms with Crippen LogP contribution in [0.15, 0.2) is 11.4 Å². The first-order valence-corrected chi connectivity index (χ1v) is 12.8. The summed E-state index contributed by atoms with van der Waals surface area (Å²) in [5, 5.41) is 5.48. The second kappa shape index (κ2) is 19.5. The quantitative estimate of drug-likeness (QED) is 0.198. The Morgan fingerprint density at radius 3 is 1.31 bits per heavy atom. The lowest BCUT2D eigenvalue weighted by molar-refractivity contribution is 0.523. The smallest absolute Gasteiger partial charge is 0.0477 e. The average molecular weight is 378 g/mol. The molecule has 0 saturated heterocycles. The molecular weight excluding hydrogens is 332 g/mol. The summed E-state index contributed by atoms with van der Waals surface area (Å²) >= 11 is 1.71. The molecule has 26 heavy (non-hydrogen) atoms. The summed E-state index contributed by atoms with van der Waals surface area (Å²) < 4.78 is 0. The number of aryl methyl sites for hydroxylation is 1. The van der Waals surface area contributed by atoms with Crippen molar-refractivity contribution in [3.63, 3.8) is 0 Å². The maximum atomic E-state index is 3.34. The SMILES string of the molecule is CCCCCCCCCCCCCCCCCCCCCc1[c]scc1. The molecule has 1 aromatic rings. The van der Waals surface area contributed by atoms with Gasteiger partial charge >= 0.3 is 0 Å². The Labute approximate surface area is 169 Å². The zero-order valence-corrected chi connectivity index (χ0v) is 18.5. The summed E-state index contributed by atoms with van der Waals surface area (Å²) in [7, 11) is 0. The van der Waals surface area contributed by atoms with E-state index < -0.39 is 0 Å². The zero-order valence-electron chi connectivity index (χ0n) is 17.7. The van der Waals surface area contributed by atoms with Crippen LogP contribution in [-0.2, 0) is 6.42 Å². The van der Waals surface area contributed by atoms with Crippen molar-refractivity contribution in [2.24, 2.45) is 0 Å². The van der Waals surface area contributed by atoms with E-state index in [1.165, 1.54) is 134 Å². The van der Waals surface area contributed by atoms with Crippen LogP contribution in [0.1, 0.15) is 134 Å². The highest BCUT2D eigenvalue weighted by Gasteiger charge is 1.96. The lowest BCUT2D eigenvalue weighted by Gasteiger charge is -2.04. The molecule has 0 aliphatic rings. The minimum atomic E-state index is 1.24. The molecule has 0 fully saturated rings. The minimum Gasteiger partial charge on any atom is -0.143 e. The highest BCUT2D eigenvalue weighted by molar-refractivity contribution is 7.07. The van der Waals surface area contributed by atoms with Crippen LogP contribution in [-0.4, -0.2) is 0 Å². The zero-order chi connectivity index (χ0) is 18.5. The van der Waals surface area contributed by atoms with Gasteiger partial charge in [0.15, 0.2) is 0 Å². The first kappa shape index (κ1) is 23.7. The highest BCUT2D eigenvalue weighted by Crippen LogP contribution is 2.15. The fourth-order valence-corrected chi connectivity index (χ4v) is 4.41. The molecule has 0 saturated carbocycles. The van der Waals surface area contributed by atoms with Crippen molar-refractivity contribution in [3.8, 4) is 0 Å². The van der Waals surface area contributed by atoms with Gasteiger partial charge in [-0.15, -0.1) is 11.3 Å². The van der Waals surface area contributed by atoms with Gasteiger partial charge < -0.3 is 0 Å². The van der Waals surface area contributed by atoms with E-state index in [2.05, 4.69) is 23.8 Å². The van der Waals surface area contributed by atoms with Gasteiger partial charge in [0.2, 0.25) is 0 Å². The van der Waals surface area contributed by atoms with Gasteiger partial charge in [0.1, 0.15) is 0 Å². The molecule has 0 amide bonds. The standard InChI is InChI=1S/C25H45S/c1-2-3-4-5-6-7-8-9-10-11-12-13-14-15-16-17-18-19-20-21-25-22-23-26-24-25/h22-23H,2-21H2,1H3. The van der Waals surface area contributed by atoms with E-state index in [4.69, 9.17) is 0 Å². The molecule has 0 atom stereocenters. The largest absolute Gasteiger partial charge is 0.143 e. The van der Waals surface area contributed by atoms with E-state index in [1.807, 2.05) is 0 Å². The lowest BCUT2D eigenvalue weighted by Crippen LogP contribution is -1.85. The topological polar surface area (TPSA) is 0 Å². The first-order valence-electron chi connectivity index (χ1n) is 11.9. The molecule has 0 aliphatic carbocycles. The fraction of sp³-hybridized carbons (Fsp3) is 0.840. The number of hydrogen-bond acceptors (Lipinski definition) is 1. The minimum absolute atomic E-state index is 1.24. The summed E-state index contributed by atoms with van der Waals surface area (Å²) in [5.74, 6) is 0. The van der Waals surface area contributed by atoms with Crippen LogP contribution in [0.25, 0.3) is 0 Å². The fourth-order valence-electron chi connectivity index (χ4n) is 3.79. The Balaban J connectivity index is 1.65. The van der Waals surface area contributed by atoms with Crippen molar-refractivity contribution in [2.45, 2.75) is 135 Å². The van der Waals surface area contributed by atoms with E-state index in [0.29, 0.717) is 0 Å². The van der Waals surface area contributed by atoms with Gasteiger partial charge in [0, 0.05) is 5.38 Å². The predicted molar refractivity (Wildman–Crippen MR) is 120 cm³/mol. The number of hydrogen-bond donors (Lipinski definition) is 0. The molecule has 151 valence electrons. The second-order valence-corrected chi connectivity index (χ2v) is 8.87. The Morgan fingerprint density at radius 1 is 0.577 bits per heavy atom. The Hall–Kier alpha value is -0.300. The molecule has 0 aromatic carbocycles. The van der Waals surface area contributed by atoms with Crippen LogP contribution >= 0.6 is 11.3 Å². The third-order valence-corrected chi connectivity index (χ3v) is 6.23. The van der Waals surface area contributed by atoms with Crippen molar-refractivity contribution in [1.29, 1.82) is 0 Å². The lowest BCUT2D eigenvalue weighted by atomic mass is 10.0. The molecule has 1 rings (SSSR count). The molecule has 1 radical (unpaired) electrons. The van der Waals surface area contributed by atoms with E-state index >= 15 is 0 Å². The van der Waals surface area contributed by atoms with Crippen LogP contribution in [0, 0.1) is 5.38 Å². The van der Waals surface area contributed by atoms with E-state index in [0.717, 1.165) is 0 Å². The molecule has 0 spiro atoms. The number of thiophene rings is 1. The maximum absolute atomic E-state index is 3.34. The van der Waals surface area contributed by atoms with Crippen LogP contribution < -0.4 is 0 Å². The second-order valence-electron chi connectivity index (χ2n) is 8.16. The van der Waals surface area contributed by atoms with Crippen molar-refractivity contribution in [1.82, 2.24) is 0 Å². The molecule has 1 heterocycles. The Morgan fingerprint density at radius 2 is 0.962 bits per heavy atom. The Kier molecular flexibility index (Phi) is 17.8. The Bertz CT molecular complexity index is 354. The van der Waals surface area contributed by atoms with Crippen molar-refractivity contribution in [3.05, 3.63) is 22.4 Å². The van der Waals surface area contributed by atoms with Gasteiger partial charge in [-0.05, 0) is 29.9 Å². The summed E-state index contributed by atoms with van der Waals surface area (Å²) in [6.45, 7) is 2.30. The van der Waals surface area contributed by atoms with Crippen molar-refractivity contribution >= 4 is 11.3 Å². The monoisotopic (exact) mass is 377 g/mol. The molecular formula is C25H45S. The molecule has 0 aliphatic heterocycles. The van der Waals surface area contributed by atoms with Gasteiger partial charge in [-0.1, -0.05) is 122 Å². The van der Waals surface area contributed by atoms with Gasteiger partial charge in [0.25, 0.3) is 0 Å². The third kappa shape index (κ3) is 15.9. The molecule has 0 bridgehead atoms. The van der Waals surface area contributed by atoms with E-state index in [9.17, 15) is 0 Å². The van der Waals surface area contributed by atoms with Crippen LogP contribution in [0.3, 0.4) is 0 Å². The van der Waals surface area contributed by atoms with Gasteiger partial charge in [-0.3, -0.25) is 0 Å². The molecule has 0 nitrogen and oxygen atoms in total. The molecule has 1 heteroatoms. The van der Waals surface area contributed by atoms with Crippen LogP contribution in [0.4, 0.5) is 0 Å². The number of unbranched alkanes of at least 4 members (excludes halogenated alkanes) is 18. The van der Waals surface area contributed by atoms with Crippen molar-refractivity contribution < 1.29 is 0 Å². The summed E-state index contributed by atoms with van der Waals surface area (Å²) in [6.07, 6.45) is 28.9. The predicted octanol–water partition coefficient (Wildman–Crippen LogP) is 9.52. The number of rotatable bonds is 20. The normalized spacial score (nSPS) is 11.3. The maximum Gasteiger partial charge on any atom is 0.0477 e. The summed E-state index contributed by atoms with van der Waals surface area (Å²) in [5.41, 5.74) is 1.42. The third-order valence-electron chi connectivity index (χ3n) is 5.58. The molecule has 0 N–H and O–H groups in total. The van der Waals surface area contributed by atoms with Crippen LogP contribution in [0.5, 0.6) is 0 Å². The van der Waals surface area contributed by atoms with E-state index in [-0.39, 0.29) is 0 Å². The van der Waals surface area contributed by atoms with E-state index in [1.54, 1.807) is 11.3 Å². The first-order chi connectivity index (χ1) is 12.9. The van der Waals surface area contributed by atoms with Crippen molar-refractivity contribution in [2.75, 3.05) is 0 Å². The average Bonchev–Trinajstić information content (AvgIpc) is 3.17. The molecule has 1 aromatic heterocycles. The van der Waals surface area contributed by atoms with Gasteiger partial charge in [-0.25, -0.2) is 0 Å². The molecule has 0 unspecified atom stereocenters. The van der Waals surface area contributed by atoms with Gasteiger partial charge in [-0.2, -0.15) is 0 Å². The summed E-state index contributed by atoms with van der Waals surface area (Å²) in [6, 6.07) is 2.22. The van der Waals surface area contributed by atoms with Crippen LogP contribution in [0.2, 0.25) is 0 Å². The highest BCUT2D eigenvalue weighted by atomic mass is 32.1. The van der Waals surface area contributed by atoms with Gasteiger partial charge in [0.05, 0.1) is 0 Å².